The molecule has 0 unspecified atom stereocenters. The number of aromatic nitrogens is 1. The molecule has 1 aromatic rings. The molecular formula is C18H28NO2Sn. The van der Waals surface area contributed by atoms with E-state index in [1.54, 1.807) is 0 Å². The molecule has 1 aromatic heterocycles. The van der Waals surface area contributed by atoms with Crippen molar-refractivity contribution in [2.75, 3.05) is 0 Å². The van der Waals surface area contributed by atoms with Crippen LogP contribution in [0.15, 0.2) is 0 Å². The second-order valence-corrected chi connectivity index (χ2v) is 7.28. The zero-order valence-corrected chi connectivity index (χ0v) is 17.0. The van der Waals surface area contributed by atoms with E-state index in [0.717, 1.165) is 69.0 Å². The number of hydrogen-bond acceptors (Lipinski definition) is 2. The number of carboxylic acid groups (broad SMARTS) is 1. The van der Waals surface area contributed by atoms with Gasteiger partial charge in [-0.25, -0.2) is 0 Å². The van der Waals surface area contributed by atoms with Gasteiger partial charge in [0.2, 0.25) is 0 Å². The van der Waals surface area contributed by atoms with Crippen molar-refractivity contribution in [1.29, 1.82) is 0 Å². The molecule has 0 bridgehead atoms. The van der Waals surface area contributed by atoms with Gasteiger partial charge in [-0.3, -0.25) is 0 Å². The number of hydrogen-bond donors (Lipinski definition) is 1. The fourth-order valence-electron chi connectivity index (χ4n) is 2.66. The fourth-order valence-corrected chi connectivity index (χ4v) is 4.13. The van der Waals surface area contributed by atoms with Crippen LogP contribution in [0.5, 0.6) is 0 Å². The van der Waals surface area contributed by atoms with E-state index in [9.17, 15) is 9.90 Å². The topological polar surface area (TPSA) is 50.2 Å². The summed E-state index contributed by atoms with van der Waals surface area (Å²) in [5, 5.41) is 9.55. The van der Waals surface area contributed by atoms with E-state index in [-0.39, 0.29) is 0 Å². The molecule has 0 aromatic carbocycles. The van der Waals surface area contributed by atoms with Gasteiger partial charge in [0.1, 0.15) is 0 Å². The van der Waals surface area contributed by atoms with Crippen molar-refractivity contribution in [3.05, 3.63) is 22.5 Å². The van der Waals surface area contributed by atoms with Gasteiger partial charge >= 0.3 is 148 Å². The predicted molar refractivity (Wildman–Crippen MR) is 92.4 cm³/mol. The summed E-state index contributed by atoms with van der Waals surface area (Å²) in [4.78, 5) is 16.2. The van der Waals surface area contributed by atoms with E-state index in [0.29, 0.717) is 5.69 Å². The summed E-state index contributed by atoms with van der Waals surface area (Å²) < 4.78 is 1.27. The Morgan fingerprint density at radius 2 is 1.45 bits per heavy atom. The Morgan fingerprint density at radius 1 is 0.955 bits per heavy atom. The van der Waals surface area contributed by atoms with Gasteiger partial charge in [0.05, 0.1) is 0 Å². The number of aromatic carboxylic acids is 1. The summed E-state index contributed by atoms with van der Waals surface area (Å²) in [6, 6.07) is 0. The van der Waals surface area contributed by atoms with Crippen molar-refractivity contribution in [1.82, 2.24) is 4.98 Å². The maximum atomic E-state index is 11.6. The molecule has 0 spiro atoms. The van der Waals surface area contributed by atoms with Crippen LogP contribution in [0.2, 0.25) is 0 Å². The SMILES string of the molecule is CCCCc1nc(C(=O)O)c(CCCC)[c]([Sn])c1CCCC. The van der Waals surface area contributed by atoms with Crippen LogP contribution in [0.4, 0.5) is 0 Å². The molecule has 1 heterocycles. The Balaban J connectivity index is 3.32. The monoisotopic (exact) mass is 410 g/mol. The molecule has 0 aliphatic carbocycles. The van der Waals surface area contributed by atoms with E-state index in [1.807, 2.05) is 0 Å². The van der Waals surface area contributed by atoms with Crippen LogP contribution < -0.4 is 3.58 Å². The Bertz CT molecular complexity index is 500. The third-order valence-electron chi connectivity index (χ3n) is 4.01. The summed E-state index contributed by atoms with van der Waals surface area (Å²) in [6.07, 6.45) is 9.42. The number of carbonyl (C=O) groups is 1. The number of carboxylic acids is 1. The third kappa shape index (κ3) is 5.25. The van der Waals surface area contributed by atoms with Crippen LogP contribution in [0, 0.1) is 0 Å². The fraction of sp³-hybridized carbons (Fsp3) is 0.667. The van der Waals surface area contributed by atoms with Gasteiger partial charge in [-0.2, -0.15) is 0 Å². The molecule has 0 aliphatic rings. The number of unbranched alkanes of at least 4 members (excludes halogenated alkanes) is 3. The van der Waals surface area contributed by atoms with E-state index >= 15 is 0 Å². The van der Waals surface area contributed by atoms with Gasteiger partial charge < -0.3 is 0 Å². The first kappa shape index (κ1) is 19.5. The van der Waals surface area contributed by atoms with Gasteiger partial charge in [0.15, 0.2) is 0 Å². The van der Waals surface area contributed by atoms with Crippen LogP contribution >= 0.6 is 0 Å². The Labute approximate surface area is 148 Å². The summed E-state index contributed by atoms with van der Waals surface area (Å²) in [5.41, 5.74) is 3.70. The molecule has 0 amide bonds. The zero-order valence-electron chi connectivity index (χ0n) is 14.2. The van der Waals surface area contributed by atoms with E-state index in [4.69, 9.17) is 0 Å². The minimum atomic E-state index is -0.866. The Kier molecular flexibility index (Phi) is 9.06. The number of pyridine rings is 1. The standard InChI is InChI=1S/C18H28NO2.Sn/c1-4-7-10-14-13-15(11-8-5-2)17(18(20)21)19-16(14)12-9-6-3;/h4-12H2,1-3H3,(H,20,21);. The summed E-state index contributed by atoms with van der Waals surface area (Å²) in [5.74, 6) is -0.866. The molecule has 0 saturated heterocycles. The van der Waals surface area contributed by atoms with Gasteiger partial charge in [0.25, 0.3) is 0 Å². The van der Waals surface area contributed by atoms with Crippen LogP contribution in [0.25, 0.3) is 0 Å². The first-order valence-corrected chi connectivity index (χ1v) is 9.98. The molecule has 0 atom stereocenters. The van der Waals surface area contributed by atoms with Crippen LogP contribution in [-0.4, -0.2) is 38.6 Å². The first-order chi connectivity index (χ1) is 10.6. The average molecular weight is 409 g/mol. The zero-order chi connectivity index (χ0) is 16.5. The van der Waals surface area contributed by atoms with Crippen LogP contribution in [-0.2, 0) is 19.3 Å². The quantitative estimate of drug-likeness (QED) is 0.601. The second-order valence-electron chi connectivity index (χ2n) is 5.86. The van der Waals surface area contributed by atoms with E-state index in [2.05, 4.69) is 25.8 Å². The van der Waals surface area contributed by atoms with Crippen LogP contribution in [0.3, 0.4) is 0 Å². The summed E-state index contributed by atoms with van der Waals surface area (Å²) in [7, 11) is 0. The molecule has 1 rings (SSSR count). The van der Waals surface area contributed by atoms with Gasteiger partial charge in [-0.05, 0) is 0 Å². The van der Waals surface area contributed by atoms with Crippen molar-refractivity contribution in [3.63, 3.8) is 0 Å². The minimum absolute atomic E-state index is 0.312. The molecule has 0 fully saturated rings. The molecule has 3 radical (unpaired) electrons. The first-order valence-electron chi connectivity index (χ1n) is 8.56. The number of rotatable bonds is 10. The number of nitrogens with zero attached hydrogens (tertiary/aromatic N) is 1. The molecule has 121 valence electrons. The predicted octanol–water partition coefficient (Wildman–Crippen LogP) is 3.60. The number of aryl methyl sites for hydroxylation is 1. The normalized spacial score (nSPS) is 10.9. The van der Waals surface area contributed by atoms with Crippen molar-refractivity contribution in [2.45, 2.75) is 78.6 Å². The van der Waals surface area contributed by atoms with Crippen molar-refractivity contribution >= 4 is 32.1 Å². The molecule has 0 saturated carbocycles. The maximum absolute atomic E-state index is 11.6. The van der Waals surface area contributed by atoms with Crippen molar-refractivity contribution in [2.24, 2.45) is 0 Å². The Hall–Kier alpha value is -0.581. The molecule has 4 heteroatoms. The molecule has 22 heavy (non-hydrogen) atoms. The van der Waals surface area contributed by atoms with E-state index in [1.165, 1.54) is 31.7 Å². The second kappa shape index (κ2) is 10.2. The van der Waals surface area contributed by atoms with Crippen molar-refractivity contribution < 1.29 is 9.90 Å². The summed E-state index contributed by atoms with van der Waals surface area (Å²) in [6.45, 7) is 6.51. The van der Waals surface area contributed by atoms with Crippen LogP contribution in [0.1, 0.15) is 86.6 Å². The molecule has 0 aliphatic heterocycles. The van der Waals surface area contributed by atoms with Crippen molar-refractivity contribution in [3.8, 4) is 0 Å². The molecular weight excluding hydrogens is 381 g/mol. The molecule has 1 N–H and O–H groups in total. The Morgan fingerprint density at radius 3 is 1.95 bits per heavy atom. The third-order valence-corrected chi connectivity index (χ3v) is 5.74. The van der Waals surface area contributed by atoms with E-state index < -0.39 is 5.97 Å². The molecule has 3 nitrogen and oxygen atoms in total. The van der Waals surface area contributed by atoms with Gasteiger partial charge in [-0.1, -0.05) is 0 Å². The van der Waals surface area contributed by atoms with Gasteiger partial charge in [0, 0.05) is 0 Å². The summed E-state index contributed by atoms with van der Waals surface area (Å²) >= 11 is 1.33. The average Bonchev–Trinajstić information content (AvgIpc) is 2.50. The van der Waals surface area contributed by atoms with Gasteiger partial charge in [-0.15, -0.1) is 0 Å².